The Bertz CT molecular complexity index is 1040. The molecule has 168 valence electrons. The van der Waals surface area contributed by atoms with E-state index < -0.39 is 9.84 Å². The molecule has 3 unspecified atom stereocenters. The average Bonchev–Trinajstić information content (AvgIpc) is 3.33. The fraction of sp³-hybridized carbons (Fsp3) is 0.545. The Morgan fingerprint density at radius 1 is 1.19 bits per heavy atom. The third kappa shape index (κ3) is 5.14. The second-order valence-electron chi connectivity index (χ2n) is 8.64. The summed E-state index contributed by atoms with van der Waals surface area (Å²) in [5.74, 6) is -0.0419. The summed E-state index contributed by atoms with van der Waals surface area (Å²) in [6.45, 7) is 0.474. The molecule has 6 nitrogen and oxygen atoms in total. The minimum absolute atomic E-state index is 0.0208. The van der Waals surface area contributed by atoms with E-state index in [2.05, 4.69) is 21.2 Å². The van der Waals surface area contributed by atoms with Crippen molar-refractivity contribution < 1.29 is 18.0 Å². The summed E-state index contributed by atoms with van der Waals surface area (Å²) in [4.78, 5) is 27.4. The van der Waals surface area contributed by atoms with Gasteiger partial charge in [0.25, 0.3) is 5.91 Å². The van der Waals surface area contributed by atoms with E-state index in [0.29, 0.717) is 17.8 Å². The predicted molar refractivity (Wildman–Crippen MR) is 126 cm³/mol. The number of rotatable bonds is 5. The van der Waals surface area contributed by atoms with Gasteiger partial charge in [0.2, 0.25) is 5.91 Å². The maximum atomic E-state index is 12.6. The van der Waals surface area contributed by atoms with Crippen molar-refractivity contribution in [1.82, 2.24) is 10.2 Å². The molecular weight excluding hydrogens is 500 g/mol. The van der Waals surface area contributed by atoms with E-state index in [1.54, 1.807) is 11.0 Å². The number of thiophene rings is 1. The van der Waals surface area contributed by atoms with Crippen molar-refractivity contribution in [2.24, 2.45) is 5.92 Å². The van der Waals surface area contributed by atoms with Gasteiger partial charge in [-0.15, -0.1) is 11.3 Å². The van der Waals surface area contributed by atoms with Crippen LogP contribution < -0.4 is 5.32 Å². The predicted octanol–water partition coefficient (Wildman–Crippen LogP) is 4.05. The smallest absolute Gasteiger partial charge is 0.261 e. The molecule has 2 heterocycles. The van der Waals surface area contributed by atoms with E-state index in [-0.39, 0.29) is 29.0 Å². The molecule has 1 saturated heterocycles. The highest BCUT2D eigenvalue weighted by molar-refractivity contribution is 9.11. The zero-order valence-corrected chi connectivity index (χ0v) is 20.7. The van der Waals surface area contributed by atoms with Crippen molar-refractivity contribution in [2.45, 2.75) is 56.2 Å². The molecule has 4 rings (SSSR count). The number of nitrogens with zero attached hydrogens (tertiary/aromatic N) is 1. The number of allylic oxidation sites excluding steroid dienone is 4. The molecule has 1 aromatic heterocycles. The minimum Gasteiger partial charge on any atom is -0.346 e. The second-order valence-corrected chi connectivity index (χ2v) is 13.4. The van der Waals surface area contributed by atoms with Crippen molar-refractivity contribution in [3.63, 3.8) is 0 Å². The Morgan fingerprint density at radius 3 is 2.61 bits per heavy atom. The van der Waals surface area contributed by atoms with Crippen LogP contribution in [-0.2, 0) is 14.6 Å². The number of hydrogen-bond acceptors (Lipinski definition) is 5. The van der Waals surface area contributed by atoms with Crippen molar-refractivity contribution >= 4 is 48.9 Å². The molecule has 1 aliphatic heterocycles. The minimum atomic E-state index is -3.07. The van der Waals surface area contributed by atoms with Gasteiger partial charge in [0.05, 0.1) is 20.0 Å². The Labute approximate surface area is 195 Å². The highest BCUT2D eigenvalue weighted by Gasteiger charge is 2.37. The largest absolute Gasteiger partial charge is 0.346 e. The molecule has 2 fully saturated rings. The molecule has 0 spiro atoms. The molecule has 2 amide bonds. The van der Waals surface area contributed by atoms with E-state index in [9.17, 15) is 18.0 Å². The number of sulfone groups is 1. The molecule has 3 atom stereocenters. The SMILES string of the molecule is CS(=O)(=O)C1CCCCC1C1=CC=C(N2CC(NC(=O)c3ccc(Br)s3)CC2=O)CC1. The summed E-state index contributed by atoms with van der Waals surface area (Å²) in [5, 5.41) is 2.69. The van der Waals surface area contributed by atoms with Crippen molar-refractivity contribution in [3.05, 3.63) is 44.2 Å². The van der Waals surface area contributed by atoms with Crippen LogP contribution in [0, 0.1) is 5.92 Å². The topological polar surface area (TPSA) is 83.6 Å². The third-order valence-corrected chi connectivity index (χ3v) is 9.78. The summed E-state index contributed by atoms with van der Waals surface area (Å²) in [6, 6.07) is 3.40. The molecule has 1 N–H and O–H groups in total. The summed E-state index contributed by atoms with van der Waals surface area (Å²) >= 11 is 4.73. The fourth-order valence-corrected chi connectivity index (χ4v) is 7.78. The number of carbonyl (C=O) groups excluding carboxylic acids is 2. The first-order chi connectivity index (χ1) is 14.7. The first-order valence-corrected chi connectivity index (χ1v) is 14.2. The van der Waals surface area contributed by atoms with E-state index >= 15 is 0 Å². The lowest BCUT2D eigenvalue weighted by Gasteiger charge is -2.34. The molecule has 1 aromatic rings. The second kappa shape index (κ2) is 9.19. The van der Waals surface area contributed by atoms with Gasteiger partial charge in [-0.3, -0.25) is 9.59 Å². The maximum absolute atomic E-state index is 12.6. The van der Waals surface area contributed by atoms with Gasteiger partial charge in [-0.25, -0.2) is 8.42 Å². The standard InChI is InChI=1S/C22H27BrN2O4S2/c1-31(28,29)19-5-3-2-4-17(19)14-6-8-16(9-7-14)25-13-15(12-21(25)26)24-22(27)18-10-11-20(23)30-18/h6,8,10-11,15,17,19H,2-5,7,9,12-13H2,1H3,(H,24,27). The monoisotopic (exact) mass is 526 g/mol. The quantitative estimate of drug-likeness (QED) is 0.627. The molecule has 3 aliphatic rings. The molecule has 9 heteroatoms. The van der Waals surface area contributed by atoms with Crippen molar-refractivity contribution in [1.29, 1.82) is 0 Å². The molecular formula is C22H27BrN2O4S2. The van der Waals surface area contributed by atoms with Gasteiger partial charge in [-0.2, -0.15) is 0 Å². The number of nitrogens with one attached hydrogen (secondary N) is 1. The van der Waals surface area contributed by atoms with Gasteiger partial charge < -0.3 is 10.2 Å². The molecule has 0 bridgehead atoms. The van der Waals surface area contributed by atoms with Crippen LogP contribution in [0.4, 0.5) is 0 Å². The van der Waals surface area contributed by atoms with Gasteiger partial charge in [0.1, 0.15) is 0 Å². The van der Waals surface area contributed by atoms with Crippen molar-refractivity contribution in [2.75, 3.05) is 12.8 Å². The van der Waals surface area contributed by atoms with E-state index in [1.807, 2.05) is 18.2 Å². The van der Waals surface area contributed by atoms with Crippen LogP contribution >= 0.6 is 27.3 Å². The van der Waals surface area contributed by atoms with Gasteiger partial charge >= 0.3 is 0 Å². The van der Waals surface area contributed by atoms with Gasteiger partial charge in [0.15, 0.2) is 9.84 Å². The number of halogens is 1. The summed E-state index contributed by atoms with van der Waals surface area (Å²) in [6.07, 6.45) is 10.9. The van der Waals surface area contributed by atoms with Crippen LogP contribution in [-0.4, -0.2) is 49.2 Å². The van der Waals surface area contributed by atoms with Crippen LogP contribution in [0.25, 0.3) is 0 Å². The molecule has 0 aromatic carbocycles. The third-order valence-electron chi connectivity index (χ3n) is 6.49. The lowest BCUT2D eigenvalue weighted by molar-refractivity contribution is -0.126. The molecule has 0 radical (unpaired) electrons. The normalized spacial score (nSPS) is 27.1. The highest BCUT2D eigenvalue weighted by atomic mass is 79.9. The average molecular weight is 528 g/mol. The van der Waals surface area contributed by atoms with Gasteiger partial charge in [-0.05, 0) is 65.7 Å². The first-order valence-electron chi connectivity index (χ1n) is 10.7. The Kier molecular flexibility index (Phi) is 6.74. The van der Waals surface area contributed by atoms with Gasteiger partial charge in [0, 0.05) is 24.9 Å². The molecule has 2 aliphatic carbocycles. The Hall–Kier alpha value is -1.45. The summed E-state index contributed by atoms with van der Waals surface area (Å²) in [5.41, 5.74) is 2.15. The zero-order valence-electron chi connectivity index (χ0n) is 17.5. The van der Waals surface area contributed by atoms with E-state index in [4.69, 9.17) is 0 Å². The number of hydrogen-bond donors (Lipinski definition) is 1. The van der Waals surface area contributed by atoms with Crippen LogP contribution in [0.3, 0.4) is 0 Å². The molecule has 31 heavy (non-hydrogen) atoms. The van der Waals surface area contributed by atoms with Crippen LogP contribution in [0.5, 0.6) is 0 Å². The van der Waals surface area contributed by atoms with Crippen LogP contribution in [0.15, 0.2) is 39.3 Å². The first kappa shape index (κ1) is 22.7. The van der Waals surface area contributed by atoms with Gasteiger partial charge in [-0.1, -0.05) is 24.5 Å². The summed E-state index contributed by atoms with van der Waals surface area (Å²) < 4.78 is 25.4. The van der Waals surface area contributed by atoms with E-state index in [0.717, 1.165) is 48.0 Å². The fourth-order valence-electron chi connectivity index (χ4n) is 4.98. The Morgan fingerprint density at radius 2 is 1.97 bits per heavy atom. The van der Waals surface area contributed by atoms with Crippen LogP contribution in [0.1, 0.15) is 54.6 Å². The maximum Gasteiger partial charge on any atom is 0.261 e. The number of amides is 2. The zero-order chi connectivity index (χ0) is 22.2. The van der Waals surface area contributed by atoms with Crippen LogP contribution in [0.2, 0.25) is 0 Å². The lowest BCUT2D eigenvalue weighted by Crippen LogP contribution is -2.37. The number of likely N-dealkylation sites (tertiary alicyclic amines) is 1. The number of carbonyl (C=O) groups is 2. The van der Waals surface area contributed by atoms with Crippen molar-refractivity contribution in [3.8, 4) is 0 Å². The highest BCUT2D eigenvalue weighted by Crippen LogP contribution is 2.38. The Balaban J connectivity index is 1.42. The molecule has 1 saturated carbocycles. The van der Waals surface area contributed by atoms with E-state index in [1.165, 1.54) is 23.2 Å². The lowest BCUT2D eigenvalue weighted by atomic mass is 9.80. The summed E-state index contributed by atoms with van der Waals surface area (Å²) in [7, 11) is -3.07.